The Labute approximate surface area is 180 Å². The van der Waals surface area contributed by atoms with Crippen LogP contribution < -0.4 is 5.32 Å². The molecule has 0 saturated carbocycles. The highest BCUT2D eigenvalue weighted by Crippen LogP contribution is 2.25. The Kier molecular flexibility index (Phi) is 5.98. The Morgan fingerprint density at radius 3 is 2.29 bits per heavy atom. The van der Waals surface area contributed by atoms with Crippen LogP contribution in [0.1, 0.15) is 33.6 Å². The lowest BCUT2D eigenvalue weighted by Crippen LogP contribution is -2.41. The summed E-state index contributed by atoms with van der Waals surface area (Å²) < 4.78 is 4.78. The predicted molar refractivity (Wildman–Crippen MR) is 119 cm³/mol. The quantitative estimate of drug-likeness (QED) is 0.649. The SMILES string of the molecule is COC(=O)c1ccccc1NC(=O)C1CCN(C(=O)c2cccc3ccccc23)CC1. The molecule has 0 radical (unpaired) electrons. The number of carbonyl (C=O) groups excluding carboxylic acids is 3. The molecule has 1 fully saturated rings. The van der Waals surface area contributed by atoms with Crippen LogP contribution in [-0.2, 0) is 9.53 Å². The van der Waals surface area contributed by atoms with Gasteiger partial charge in [-0.3, -0.25) is 9.59 Å². The second-order valence-corrected chi connectivity index (χ2v) is 7.62. The van der Waals surface area contributed by atoms with Crippen molar-refractivity contribution < 1.29 is 19.1 Å². The molecule has 3 aromatic rings. The first-order valence-electron chi connectivity index (χ1n) is 10.3. The maximum atomic E-state index is 13.1. The minimum atomic E-state index is -0.494. The number of nitrogens with zero attached hydrogens (tertiary/aromatic N) is 1. The molecular weight excluding hydrogens is 392 g/mol. The zero-order valence-corrected chi connectivity index (χ0v) is 17.3. The van der Waals surface area contributed by atoms with Gasteiger partial charge in [0.25, 0.3) is 5.91 Å². The van der Waals surface area contributed by atoms with Crippen molar-refractivity contribution >= 4 is 34.2 Å². The van der Waals surface area contributed by atoms with Crippen LogP contribution in [0.3, 0.4) is 0 Å². The number of likely N-dealkylation sites (tertiary alicyclic amines) is 1. The van der Waals surface area contributed by atoms with Crippen molar-refractivity contribution in [1.29, 1.82) is 0 Å². The van der Waals surface area contributed by atoms with E-state index in [9.17, 15) is 14.4 Å². The number of fused-ring (bicyclic) bond motifs is 1. The largest absolute Gasteiger partial charge is 0.465 e. The predicted octanol–water partition coefficient (Wildman–Crippen LogP) is 4.12. The monoisotopic (exact) mass is 416 g/mol. The van der Waals surface area contributed by atoms with Gasteiger partial charge in [0.2, 0.25) is 5.91 Å². The fraction of sp³-hybridized carbons (Fsp3) is 0.240. The van der Waals surface area contributed by atoms with E-state index >= 15 is 0 Å². The molecule has 1 aliphatic rings. The molecule has 0 aliphatic carbocycles. The Morgan fingerprint density at radius 1 is 0.871 bits per heavy atom. The molecule has 1 aliphatic heterocycles. The van der Waals surface area contributed by atoms with E-state index in [0.717, 1.165) is 10.8 Å². The molecule has 6 nitrogen and oxygen atoms in total. The molecule has 6 heteroatoms. The molecular formula is C25H24N2O4. The number of rotatable bonds is 4. The number of amides is 2. The van der Waals surface area contributed by atoms with E-state index in [0.29, 0.717) is 42.7 Å². The fourth-order valence-corrected chi connectivity index (χ4v) is 4.04. The summed E-state index contributed by atoms with van der Waals surface area (Å²) in [5, 5.41) is 4.83. The number of hydrogen-bond acceptors (Lipinski definition) is 4. The van der Waals surface area contributed by atoms with Crippen LogP contribution in [-0.4, -0.2) is 42.9 Å². The van der Waals surface area contributed by atoms with Crippen molar-refractivity contribution in [2.24, 2.45) is 5.92 Å². The smallest absolute Gasteiger partial charge is 0.339 e. The summed E-state index contributed by atoms with van der Waals surface area (Å²) in [5.41, 5.74) is 1.45. The lowest BCUT2D eigenvalue weighted by atomic mass is 9.94. The maximum Gasteiger partial charge on any atom is 0.339 e. The van der Waals surface area contributed by atoms with Crippen LogP contribution in [0.4, 0.5) is 5.69 Å². The van der Waals surface area contributed by atoms with Gasteiger partial charge in [-0.05, 0) is 41.8 Å². The van der Waals surface area contributed by atoms with Gasteiger partial charge in [0.1, 0.15) is 0 Å². The Balaban J connectivity index is 1.41. The number of para-hydroxylation sites is 1. The average Bonchev–Trinajstić information content (AvgIpc) is 2.83. The Morgan fingerprint density at radius 2 is 1.52 bits per heavy atom. The summed E-state index contributed by atoms with van der Waals surface area (Å²) in [4.78, 5) is 39.6. The van der Waals surface area contributed by atoms with Gasteiger partial charge < -0.3 is 15.0 Å². The van der Waals surface area contributed by atoms with E-state index < -0.39 is 5.97 Å². The van der Waals surface area contributed by atoms with Gasteiger partial charge >= 0.3 is 5.97 Å². The summed E-state index contributed by atoms with van der Waals surface area (Å²) in [6.07, 6.45) is 1.14. The van der Waals surface area contributed by atoms with Crippen molar-refractivity contribution in [1.82, 2.24) is 4.90 Å². The third-order valence-electron chi connectivity index (χ3n) is 5.76. The van der Waals surface area contributed by atoms with Crippen LogP contribution in [0, 0.1) is 5.92 Å². The molecule has 0 atom stereocenters. The molecule has 0 aromatic heterocycles. The molecule has 31 heavy (non-hydrogen) atoms. The van der Waals surface area contributed by atoms with E-state index in [-0.39, 0.29) is 17.7 Å². The number of carbonyl (C=O) groups is 3. The second kappa shape index (κ2) is 9.00. The van der Waals surface area contributed by atoms with Gasteiger partial charge in [-0.15, -0.1) is 0 Å². The molecule has 0 bridgehead atoms. The molecule has 1 heterocycles. The van der Waals surface area contributed by atoms with Gasteiger partial charge in [0, 0.05) is 24.6 Å². The number of methoxy groups -OCH3 is 1. The number of piperidine rings is 1. The molecule has 1 saturated heterocycles. The highest BCUT2D eigenvalue weighted by Gasteiger charge is 2.29. The number of ether oxygens (including phenoxy) is 1. The van der Waals surface area contributed by atoms with Crippen molar-refractivity contribution in [3.63, 3.8) is 0 Å². The van der Waals surface area contributed by atoms with Gasteiger partial charge in [0.15, 0.2) is 0 Å². The van der Waals surface area contributed by atoms with Crippen LogP contribution in [0.15, 0.2) is 66.7 Å². The first-order valence-corrected chi connectivity index (χ1v) is 10.3. The summed E-state index contributed by atoms with van der Waals surface area (Å²) in [7, 11) is 1.31. The molecule has 1 N–H and O–H groups in total. The van der Waals surface area contributed by atoms with E-state index in [2.05, 4.69) is 5.32 Å². The zero-order chi connectivity index (χ0) is 21.8. The Bertz CT molecular complexity index is 1130. The van der Waals surface area contributed by atoms with Gasteiger partial charge in [-0.25, -0.2) is 4.79 Å². The molecule has 2 amide bonds. The summed E-state index contributed by atoms with van der Waals surface area (Å²) in [6, 6.07) is 20.4. The van der Waals surface area contributed by atoms with Crippen molar-refractivity contribution in [2.45, 2.75) is 12.8 Å². The summed E-state index contributed by atoms with van der Waals surface area (Å²) >= 11 is 0. The highest BCUT2D eigenvalue weighted by molar-refractivity contribution is 6.07. The van der Waals surface area contributed by atoms with E-state index in [1.807, 2.05) is 47.4 Å². The number of benzene rings is 3. The lowest BCUT2D eigenvalue weighted by molar-refractivity contribution is -0.121. The van der Waals surface area contributed by atoms with Crippen molar-refractivity contribution in [3.05, 3.63) is 77.9 Å². The molecule has 158 valence electrons. The van der Waals surface area contributed by atoms with E-state index in [4.69, 9.17) is 4.74 Å². The minimum Gasteiger partial charge on any atom is -0.465 e. The Hall–Kier alpha value is -3.67. The second-order valence-electron chi connectivity index (χ2n) is 7.62. The third-order valence-corrected chi connectivity index (χ3v) is 5.76. The van der Waals surface area contributed by atoms with Gasteiger partial charge in [0.05, 0.1) is 18.4 Å². The maximum absolute atomic E-state index is 13.1. The first-order chi connectivity index (χ1) is 15.1. The van der Waals surface area contributed by atoms with Crippen LogP contribution in [0.25, 0.3) is 10.8 Å². The normalized spacial score (nSPS) is 14.3. The fourth-order valence-electron chi connectivity index (χ4n) is 4.04. The van der Waals surface area contributed by atoms with Crippen molar-refractivity contribution in [3.8, 4) is 0 Å². The average molecular weight is 416 g/mol. The van der Waals surface area contributed by atoms with E-state index in [1.165, 1.54) is 7.11 Å². The standard InChI is InChI=1S/C25H24N2O4/c1-31-25(30)21-10-4-5-12-22(21)26-23(28)18-13-15-27(16-14-18)24(29)20-11-6-8-17-7-2-3-9-19(17)20/h2-12,18H,13-16H2,1H3,(H,26,28). The van der Waals surface area contributed by atoms with E-state index in [1.54, 1.807) is 24.3 Å². The third kappa shape index (κ3) is 4.28. The molecule has 0 spiro atoms. The van der Waals surface area contributed by atoms with Crippen LogP contribution in [0.5, 0.6) is 0 Å². The van der Waals surface area contributed by atoms with Crippen LogP contribution in [0.2, 0.25) is 0 Å². The number of nitrogens with one attached hydrogen (secondary N) is 1. The number of anilines is 1. The summed E-state index contributed by atoms with van der Waals surface area (Å²) in [5.74, 6) is -0.867. The summed E-state index contributed by atoms with van der Waals surface area (Å²) in [6.45, 7) is 1.03. The zero-order valence-electron chi connectivity index (χ0n) is 17.3. The molecule has 3 aromatic carbocycles. The van der Waals surface area contributed by atoms with Gasteiger partial charge in [-0.1, -0.05) is 48.5 Å². The minimum absolute atomic E-state index is 0.00769. The number of hydrogen-bond donors (Lipinski definition) is 1. The molecule has 0 unspecified atom stereocenters. The first kappa shape index (κ1) is 20.6. The van der Waals surface area contributed by atoms with Crippen LogP contribution >= 0.6 is 0 Å². The topological polar surface area (TPSA) is 75.7 Å². The lowest BCUT2D eigenvalue weighted by Gasteiger charge is -2.31. The van der Waals surface area contributed by atoms with Crippen molar-refractivity contribution in [2.75, 3.05) is 25.5 Å². The van der Waals surface area contributed by atoms with Gasteiger partial charge in [-0.2, -0.15) is 0 Å². The number of esters is 1. The molecule has 4 rings (SSSR count). The highest BCUT2D eigenvalue weighted by atomic mass is 16.5.